The number of halogens is 1. The molecule has 2 heterocycles. The number of aromatic nitrogens is 1. The number of hydrogen-bond donors (Lipinski definition) is 1. The lowest BCUT2D eigenvalue weighted by atomic mass is 10.2. The average molecular weight is 497 g/mol. The number of piperazine rings is 1. The van der Waals surface area contributed by atoms with Gasteiger partial charge in [-0.3, -0.25) is 4.79 Å². The summed E-state index contributed by atoms with van der Waals surface area (Å²) in [5.74, 6) is -1.03. The van der Waals surface area contributed by atoms with Gasteiger partial charge in [-0.25, -0.2) is 17.9 Å². The Bertz CT molecular complexity index is 1150. The third-order valence-corrected chi connectivity index (χ3v) is 7.69. The quantitative estimate of drug-likeness (QED) is 0.589. The Hall–Kier alpha value is -2.56. The summed E-state index contributed by atoms with van der Waals surface area (Å²) in [6.07, 6.45) is 0. The van der Waals surface area contributed by atoms with Crippen LogP contribution in [-0.2, 0) is 26.6 Å². The second-order valence-electron chi connectivity index (χ2n) is 7.83. The van der Waals surface area contributed by atoms with Crippen LogP contribution >= 0.6 is 11.6 Å². The standard InChI is InChI=1S/C22H29ClN4O5S/c1-5-32-22(29)20-15(2)25(4)16(3)21(20)33(30,31)24-14-19(28)27-11-9-26(10-12-27)18-8-6-7-17(23)13-18/h6-8,13,24H,5,9-12,14H2,1-4H3. The Morgan fingerprint density at radius 3 is 2.39 bits per heavy atom. The molecule has 0 aliphatic carbocycles. The normalized spacial score (nSPS) is 14.5. The maximum atomic E-state index is 13.1. The van der Waals surface area contributed by atoms with Gasteiger partial charge in [0.25, 0.3) is 0 Å². The predicted molar refractivity (Wildman–Crippen MR) is 126 cm³/mol. The van der Waals surface area contributed by atoms with E-state index in [-0.39, 0.29) is 23.0 Å². The summed E-state index contributed by atoms with van der Waals surface area (Å²) < 4.78 is 35.2. The van der Waals surface area contributed by atoms with Crippen LogP contribution < -0.4 is 9.62 Å². The second-order valence-corrected chi connectivity index (χ2v) is 9.97. The molecule has 0 bridgehead atoms. The van der Waals surface area contributed by atoms with Gasteiger partial charge in [0.1, 0.15) is 10.5 Å². The zero-order chi connectivity index (χ0) is 24.3. The lowest BCUT2D eigenvalue weighted by molar-refractivity contribution is -0.130. The number of rotatable bonds is 7. The molecule has 9 nitrogen and oxygen atoms in total. The number of benzene rings is 1. The minimum Gasteiger partial charge on any atom is -0.462 e. The summed E-state index contributed by atoms with van der Waals surface area (Å²) in [7, 11) is -2.45. The number of nitrogens with zero attached hydrogens (tertiary/aromatic N) is 3. The van der Waals surface area contributed by atoms with Gasteiger partial charge in [0.05, 0.1) is 13.2 Å². The summed E-state index contributed by atoms with van der Waals surface area (Å²) in [6, 6.07) is 7.52. The molecule has 1 aromatic heterocycles. The fourth-order valence-corrected chi connectivity index (χ4v) is 5.58. The molecule has 0 spiro atoms. The van der Waals surface area contributed by atoms with Gasteiger partial charge in [-0.05, 0) is 39.0 Å². The minimum atomic E-state index is -4.12. The molecule has 0 unspecified atom stereocenters. The van der Waals surface area contributed by atoms with E-state index in [1.807, 2.05) is 18.2 Å². The Morgan fingerprint density at radius 2 is 1.79 bits per heavy atom. The van der Waals surface area contributed by atoms with Crippen molar-refractivity contribution in [2.45, 2.75) is 25.7 Å². The third kappa shape index (κ3) is 5.34. The molecular weight excluding hydrogens is 468 g/mol. The van der Waals surface area contributed by atoms with Crippen LogP contribution in [-0.4, -0.2) is 69.1 Å². The number of anilines is 1. The van der Waals surface area contributed by atoms with Crippen molar-refractivity contribution in [1.29, 1.82) is 0 Å². The summed E-state index contributed by atoms with van der Waals surface area (Å²) in [4.78, 5) is 28.7. The monoisotopic (exact) mass is 496 g/mol. The van der Waals surface area contributed by atoms with E-state index < -0.39 is 22.5 Å². The number of amides is 1. The number of carbonyl (C=O) groups excluding carboxylic acids is 2. The Balaban J connectivity index is 1.67. The number of sulfonamides is 1. The molecule has 1 aromatic carbocycles. The lowest BCUT2D eigenvalue weighted by Crippen LogP contribution is -2.51. The van der Waals surface area contributed by atoms with Crippen molar-refractivity contribution < 1.29 is 22.7 Å². The lowest BCUT2D eigenvalue weighted by Gasteiger charge is -2.36. The zero-order valence-electron chi connectivity index (χ0n) is 19.2. The predicted octanol–water partition coefficient (Wildman–Crippen LogP) is 2.10. The molecule has 1 saturated heterocycles. The first-order valence-corrected chi connectivity index (χ1v) is 12.5. The highest BCUT2D eigenvalue weighted by atomic mass is 35.5. The third-order valence-electron chi connectivity index (χ3n) is 5.89. The van der Waals surface area contributed by atoms with Crippen molar-refractivity contribution >= 4 is 39.2 Å². The smallest absolute Gasteiger partial charge is 0.341 e. The summed E-state index contributed by atoms with van der Waals surface area (Å²) in [6.45, 7) is 6.80. The number of esters is 1. The highest BCUT2D eigenvalue weighted by Gasteiger charge is 2.32. The molecular formula is C22H29ClN4O5S. The second kappa shape index (κ2) is 10.1. The van der Waals surface area contributed by atoms with E-state index in [2.05, 4.69) is 9.62 Å². The van der Waals surface area contributed by atoms with Gasteiger partial charge < -0.3 is 19.1 Å². The fraction of sp³-hybridized carbons (Fsp3) is 0.455. The Morgan fingerprint density at radius 1 is 1.12 bits per heavy atom. The molecule has 1 aliphatic heterocycles. The number of carbonyl (C=O) groups is 2. The first-order valence-electron chi connectivity index (χ1n) is 10.7. The van der Waals surface area contributed by atoms with Gasteiger partial charge in [-0.1, -0.05) is 17.7 Å². The van der Waals surface area contributed by atoms with Gasteiger partial charge in [-0.2, -0.15) is 0 Å². The Labute approximate surface area is 199 Å². The van der Waals surface area contributed by atoms with E-state index >= 15 is 0 Å². The van der Waals surface area contributed by atoms with Crippen molar-refractivity contribution in [3.63, 3.8) is 0 Å². The molecule has 0 saturated carbocycles. The summed E-state index contributed by atoms with van der Waals surface area (Å²) in [5.41, 5.74) is 1.85. The van der Waals surface area contributed by atoms with Gasteiger partial charge in [0.15, 0.2) is 0 Å². The van der Waals surface area contributed by atoms with E-state index in [0.717, 1.165) is 5.69 Å². The van der Waals surface area contributed by atoms with Crippen molar-refractivity contribution in [1.82, 2.24) is 14.2 Å². The van der Waals surface area contributed by atoms with Gasteiger partial charge in [0, 0.05) is 55.3 Å². The van der Waals surface area contributed by atoms with Crippen molar-refractivity contribution in [2.75, 3.05) is 44.2 Å². The van der Waals surface area contributed by atoms with E-state index in [9.17, 15) is 18.0 Å². The highest BCUT2D eigenvalue weighted by Crippen LogP contribution is 2.27. The van der Waals surface area contributed by atoms with Gasteiger partial charge in [-0.15, -0.1) is 0 Å². The molecule has 1 amide bonds. The molecule has 3 rings (SSSR count). The maximum absolute atomic E-state index is 13.1. The van der Waals surface area contributed by atoms with E-state index in [1.165, 1.54) is 0 Å². The molecule has 11 heteroatoms. The van der Waals surface area contributed by atoms with E-state index in [1.54, 1.807) is 43.4 Å². The molecule has 1 N–H and O–H groups in total. The number of hydrogen-bond acceptors (Lipinski definition) is 6. The maximum Gasteiger partial charge on any atom is 0.341 e. The summed E-state index contributed by atoms with van der Waals surface area (Å²) in [5, 5.41) is 0.647. The molecule has 0 atom stereocenters. The van der Waals surface area contributed by atoms with Crippen LogP contribution in [0.1, 0.15) is 28.7 Å². The van der Waals surface area contributed by atoms with Gasteiger partial charge in [0.2, 0.25) is 15.9 Å². The van der Waals surface area contributed by atoms with Crippen molar-refractivity contribution in [3.8, 4) is 0 Å². The largest absolute Gasteiger partial charge is 0.462 e. The average Bonchev–Trinajstić information content (AvgIpc) is 3.02. The first-order chi connectivity index (χ1) is 15.6. The zero-order valence-corrected chi connectivity index (χ0v) is 20.8. The van der Waals surface area contributed by atoms with Crippen LogP contribution in [0.15, 0.2) is 29.2 Å². The van der Waals surface area contributed by atoms with Crippen LogP contribution in [0.3, 0.4) is 0 Å². The summed E-state index contributed by atoms with van der Waals surface area (Å²) >= 11 is 6.06. The van der Waals surface area contributed by atoms with Crippen LogP contribution in [0.2, 0.25) is 5.02 Å². The van der Waals surface area contributed by atoms with Crippen LogP contribution in [0.4, 0.5) is 5.69 Å². The fourth-order valence-electron chi connectivity index (χ4n) is 3.92. The molecule has 180 valence electrons. The number of ether oxygens (including phenoxy) is 1. The van der Waals surface area contributed by atoms with E-state index in [0.29, 0.717) is 42.6 Å². The molecule has 33 heavy (non-hydrogen) atoms. The van der Waals surface area contributed by atoms with Crippen molar-refractivity contribution in [2.24, 2.45) is 7.05 Å². The topological polar surface area (TPSA) is 101 Å². The van der Waals surface area contributed by atoms with Crippen LogP contribution in [0.5, 0.6) is 0 Å². The molecule has 1 fully saturated rings. The number of nitrogens with one attached hydrogen (secondary N) is 1. The molecule has 2 aromatic rings. The van der Waals surface area contributed by atoms with Gasteiger partial charge >= 0.3 is 5.97 Å². The molecule has 0 radical (unpaired) electrons. The highest BCUT2D eigenvalue weighted by molar-refractivity contribution is 7.89. The van der Waals surface area contributed by atoms with E-state index in [4.69, 9.17) is 16.3 Å². The van der Waals surface area contributed by atoms with Crippen LogP contribution in [0, 0.1) is 13.8 Å². The Kier molecular flexibility index (Phi) is 7.71. The SMILES string of the molecule is CCOC(=O)c1c(S(=O)(=O)NCC(=O)N2CCN(c3cccc(Cl)c3)CC2)c(C)n(C)c1C. The molecule has 1 aliphatic rings. The minimum absolute atomic E-state index is 0.00747. The van der Waals surface area contributed by atoms with Crippen LogP contribution in [0.25, 0.3) is 0 Å². The first kappa shape index (κ1) is 25.1. The van der Waals surface area contributed by atoms with Crippen molar-refractivity contribution in [3.05, 3.63) is 46.2 Å².